The Morgan fingerprint density at radius 3 is 0.919 bits per heavy atom. The highest BCUT2D eigenvalue weighted by molar-refractivity contribution is 5.71. The molecule has 0 aromatic heterocycles. The lowest BCUT2D eigenvalue weighted by atomic mass is 10.0. The molecule has 0 radical (unpaired) electrons. The molecule has 1 unspecified atom stereocenters. The number of allylic oxidation sites excluding steroid dienone is 4. The van der Waals surface area contributed by atoms with Crippen molar-refractivity contribution in [3.63, 3.8) is 0 Å². The van der Waals surface area contributed by atoms with E-state index in [1.807, 2.05) is 0 Å². The quantitative estimate of drug-likeness (QED) is 0.0262. The number of carbonyl (C=O) groups excluding carboxylic acids is 3. The largest absolute Gasteiger partial charge is 0.462 e. The van der Waals surface area contributed by atoms with Crippen molar-refractivity contribution in [2.45, 2.75) is 303 Å². The standard InChI is InChI=1S/C56H104O6/c1-4-7-10-13-16-18-20-22-24-26-28-30-31-33-35-37-40-43-46-49-55(58)61-52-53(51-60-54(57)48-45-42-39-15-12-9-6-3)62-56(59)50-47-44-41-38-36-34-32-29-27-25-23-21-19-17-14-11-8-5-2/h16,18,22,24,53H,4-15,17,19-21,23,25-52H2,1-3H3/b18-16-,24-22-. The number of ether oxygens (including phenoxy) is 3. The highest BCUT2D eigenvalue weighted by atomic mass is 16.6. The van der Waals surface area contributed by atoms with Crippen LogP contribution in [0.25, 0.3) is 0 Å². The molecule has 1 atom stereocenters. The summed E-state index contributed by atoms with van der Waals surface area (Å²) in [4.78, 5) is 37.9. The Hall–Kier alpha value is -2.11. The van der Waals surface area contributed by atoms with Gasteiger partial charge >= 0.3 is 17.9 Å². The second-order valence-electron chi connectivity index (χ2n) is 18.5. The van der Waals surface area contributed by atoms with Gasteiger partial charge in [-0.2, -0.15) is 0 Å². The number of hydrogen-bond acceptors (Lipinski definition) is 6. The van der Waals surface area contributed by atoms with Gasteiger partial charge in [-0.1, -0.05) is 251 Å². The van der Waals surface area contributed by atoms with E-state index in [-0.39, 0.29) is 31.1 Å². The Morgan fingerprint density at radius 1 is 0.323 bits per heavy atom. The van der Waals surface area contributed by atoms with Crippen LogP contribution in [0.3, 0.4) is 0 Å². The van der Waals surface area contributed by atoms with Crippen LogP contribution in [-0.4, -0.2) is 37.2 Å². The molecule has 0 aromatic rings. The Kier molecular flexibility index (Phi) is 49.8. The van der Waals surface area contributed by atoms with E-state index in [4.69, 9.17) is 14.2 Å². The van der Waals surface area contributed by atoms with Crippen LogP contribution in [0.1, 0.15) is 297 Å². The molecule has 0 fully saturated rings. The Labute approximate surface area is 385 Å². The maximum atomic E-state index is 12.8. The molecular formula is C56H104O6. The second kappa shape index (κ2) is 51.5. The van der Waals surface area contributed by atoms with Crippen molar-refractivity contribution in [3.8, 4) is 0 Å². The molecular weight excluding hydrogens is 769 g/mol. The minimum atomic E-state index is -0.765. The summed E-state index contributed by atoms with van der Waals surface area (Å²) in [7, 11) is 0. The van der Waals surface area contributed by atoms with Crippen molar-refractivity contribution in [2.75, 3.05) is 13.2 Å². The first-order valence-corrected chi connectivity index (χ1v) is 27.3. The average molecular weight is 873 g/mol. The van der Waals surface area contributed by atoms with Gasteiger partial charge in [0.2, 0.25) is 0 Å². The van der Waals surface area contributed by atoms with Crippen LogP contribution in [0.2, 0.25) is 0 Å². The number of unbranched alkanes of at least 4 members (excludes halogenated alkanes) is 35. The summed E-state index contributed by atoms with van der Waals surface area (Å²) in [5, 5.41) is 0. The van der Waals surface area contributed by atoms with Gasteiger partial charge in [-0.3, -0.25) is 14.4 Å². The minimum Gasteiger partial charge on any atom is -0.462 e. The predicted octanol–water partition coefficient (Wildman–Crippen LogP) is 17.9. The summed E-state index contributed by atoms with van der Waals surface area (Å²) < 4.78 is 16.8. The van der Waals surface area contributed by atoms with Crippen LogP contribution in [0.15, 0.2) is 24.3 Å². The van der Waals surface area contributed by atoms with E-state index in [9.17, 15) is 14.4 Å². The van der Waals surface area contributed by atoms with E-state index >= 15 is 0 Å². The van der Waals surface area contributed by atoms with Crippen molar-refractivity contribution >= 4 is 17.9 Å². The van der Waals surface area contributed by atoms with Gasteiger partial charge in [-0.05, 0) is 51.4 Å². The lowest BCUT2D eigenvalue weighted by molar-refractivity contribution is -0.167. The molecule has 0 N–H and O–H groups in total. The van der Waals surface area contributed by atoms with E-state index in [1.165, 1.54) is 193 Å². The SMILES string of the molecule is CCCCC/C=C\C/C=C\CCCCCCCCCCCC(=O)OCC(COC(=O)CCCCCCCCC)OC(=O)CCCCCCCCCCCCCCCCCCCC. The van der Waals surface area contributed by atoms with E-state index in [0.29, 0.717) is 19.3 Å². The normalized spacial score (nSPS) is 12.1. The summed E-state index contributed by atoms with van der Waals surface area (Å²) in [6.07, 6.45) is 58.9. The molecule has 0 aromatic carbocycles. The first-order valence-electron chi connectivity index (χ1n) is 27.3. The third-order valence-electron chi connectivity index (χ3n) is 12.2. The molecule has 62 heavy (non-hydrogen) atoms. The minimum absolute atomic E-state index is 0.0684. The average Bonchev–Trinajstić information content (AvgIpc) is 3.27. The molecule has 0 saturated heterocycles. The highest BCUT2D eigenvalue weighted by Gasteiger charge is 2.19. The van der Waals surface area contributed by atoms with Gasteiger partial charge in [0.1, 0.15) is 13.2 Å². The van der Waals surface area contributed by atoms with Crippen LogP contribution in [-0.2, 0) is 28.6 Å². The van der Waals surface area contributed by atoms with E-state index in [1.54, 1.807) is 0 Å². The summed E-state index contributed by atoms with van der Waals surface area (Å²) in [5.74, 6) is -0.863. The second-order valence-corrected chi connectivity index (χ2v) is 18.5. The summed E-state index contributed by atoms with van der Waals surface area (Å²) in [6, 6.07) is 0. The number of hydrogen-bond donors (Lipinski definition) is 0. The smallest absolute Gasteiger partial charge is 0.306 e. The number of carbonyl (C=O) groups is 3. The van der Waals surface area contributed by atoms with Crippen molar-refractivity contribution < 1.29 is 28.6 Å². The van der Waals surface area contributed by atoms with Gasteiger partial charge in [0.05, 0.1) is 0 Å². The molecule has 0 saturated carbocycles. The molecule has 0 rings (SSSR count). The van der Waals surface area contributed by atoms with E-state index in [2.05, 4.69) is 45.1 Å². The molecule has 0 aliphatic carbocycles. The topological polar surface area (TPSA) is 78.9 Å². The molecule has 0 heterocycles. The molecule has 0 amide bonds. The number of rotatable bonds is 50. The van der Waals surface area contributed by atoms with Gasteiger partial charge in [0.15, 0.2) is 6.10 Å². The van der Waals surface area contributed by atoms with Crippen LogP contribution < -0.4 is 0 Å². The summed E-state index contributed by atoms with van der Waals surface area (Å²) in [5.41, 5.74) is 0. The maximum Gasteiger partial charge on any atom is 0.306 e. The van der Waals surface area contributed by atoms with Crippen molar-refractivity contribution in [1.82, 2.24) is 0 Å². The third kappa shape index (κ3) is 48.9. The monoisotopic (exact) mass is 873 g/mol. The zero-order valence-corrected chi connectivity index (χ0v) is 41.7. The lowest BCUT2D eigenvalue weighted by Gasteiger charge is -2.18. The molecule has 364 valence electrons. The van der Waals surface area contributed by atoms with Gasteiger partial charge in [0.25, 0.3) is 0 Å². The fourth-order valence-corrected chi connectivity index (χ4v) is 8.06. The zero-order chi connectivity index (χ0) is 45.1. The van der Waals surface area contributed by atoms with Crippen molar-refractivity contribution in [2.24, 2.45) is 0 Å². The Balaban J connectivity index is 4.19. The molecule has 0 spiro atoms. The summed E-state index contributed by atoms with van der Waals surface area (Å²) >= 11 is 0. The number of esters is 3. The fourth-order valence-electron chi connectivity index (χ4n) is 8.06. The van der Waals surface area contributed by atoms with Crippen LogP contribution >= 0.6 is 0 Å². The first kappa shape index (κ1) is 59.9. The van der Waals surface area contributed by atoms with Crippen molar-refractivity contribution in [3.05, 3.63) is 24.3 Å². The van der Waals surface area contributed by atoms with E-state index in [0.717, 1.165) is 64.2 Å². The lowest BCUT2D eigenvalue weighted by Crippen LogP contribution is -2.30. The van der Waals surface area contributed by atoms with Crippen molar-refractivity contribution in [1.29, 1.82) is 0 Å². The summed E-state index contributed by atoms with van der Waals surface area (Å²) in [6.45, 7) is 6.61. The zero-order valence-electron chi connectivity index (χ0n) is 41.7. The predicted molar refractivity (Wildman–Crippen MR) is 266 cm³/mol. The van der Waals surface area contributed by atoms with Gasteiger partial charge in [-0.25, -0.2) is 0 Å². The molecule has 6 heteroatoms. The van der Waals surface area contributed by atoms with Crippen LogP contribution in [0, 0.1) is 0 Å². The molecule has 0 aliphatic rings. The van der Waals surface area contributed by atoms with E-state index < -0.39 is 6.10 Å². The molecule has 6 nitrogen and oxygen atoms in total. The van der Waals surface area contributed by atoms with Gasteiger partial charge in [-0.15, -0.1) is 0 Å². The maximum absolute atomic E-state index is 12.8. The van der Waals surface area contributed by atoms with Gasteiger partial charge in [0, 0.05) is 19.3 Å². The Morgan fingerprint density at radius 2 is 0.581 bits per heavy atom. The van der Waals surface area contributed by atoms with Gasteiger partial charge < -0.3 is 14.2 Å². The molecule has 0 bridgehead atoms. The fraction of sp³-hybridized carbons (Fsp3) is 0.875. The first-order chi connectivity index (χ1) is 30.5. The third-order valence-corrected chi connectivity index (χ3v) is 12.2. The highest BCUT2D eigenvalue weighted by Crippen LogP contribution is 2.16. The van der Waals surface area contributed by atoms with Crippen LogP contribution in [0.4, 0.5) is 0 Å². The Bertz CT molecular complexity index is 1000. The van der Waals surface area contributed by atoms with Crippen LogP contribution in [0.5, 0.6) is 0 Å². The molecule has 0 aliphatic heterocycles.